The summed E-state index contributed by atoms with van der Waals surface area (Å²) in [4.78, 5) is 22.0. The summed E-state index contributed by atoms with van der Waals surface area (Å²) in [7, 11) is -4.24. The minimum atomic E-state index is -4.24. The number of hydrogen-bond acceptors (Lipinski definition) is 7. The number of nitro benzene ring substituents is 1. The first-order chi connectivity index (χ1) is 14.8. The molecule has 0 aromatic heterocycles. The number of nitro groups is 1. The summed E-state index contributed by atoms with van der Waals surface area (Å²) in [6, 6.07) is 17.2. The van der Waals surface area contributed by atoms with Crippen LogP contribution in [-0.4, -0.2) is 25.5 Å². The zero-order valence-corrected chi connectivity index (χ0v) is 18.0. The molecular weight excluding hydrogens is 490 g/mol. The number of benzene rings is 3. The van der Waals surface area contributed by atoms with E-state index >= 15 is 0 Å². The number of nitrogens with one attached hydrogen (secondary N) is 1. The van der Waals surface area contributed by atoms with Crippen molar-refractivity contribution in [2.24, 2.45) is 5.10 Å². The molecule has 1 amide bonds. The Kier molecular flexibility index (Phi) is 6.78. The van der Waals surface area contributed by atoms with E-state index in [-0.39, 0.29) is 16.3 Å². The van der Waals surface area contributed by atoms with Gasteiger partial charge in [-0.2, -0.15) is 13.5 Å². The summed E-state index contributed by atoms with van der Waals surface area (Å²) < 4.78 is 31.0. The van der Waals surface area contributed by atoms with E-state index in [0.717, 1.165) is 28.7 Å². The van der Waals surface area contributed by atoms with Crippen LogP contribution in [-0.2, 0) is 10.1 Å². The predicted octanol–water partition coefficient (Wildman–Crippen LogP) is 3.89. The van der Waals surface area contributed by atoms with E-state index in [1.54, 1.807) is 42.5 Å². The molecule has 0 aliphatic rings. The Morgan fingerprint density at radius 1 is 1.06 bits per heavy atom. The van der Waals surface area contributed by atoms with Crippen LogP contribution in [0.25, 0.3) is 0 Å². The van der Waals surface area contributed by atoms with Crippen LogP contribution in [0.4, 0.5) is 5.69 Å². The zero-order valence-electron chi connectivity index (χ0n) is 15.6. The molecule has 0 saturated carbocycles. The number of non-ortho nitro benzene ring substituents is 1. The molecule has 31 heavy (non-hydrogen) atoms. The average molecular weight is 504 g/mol. The van der Waals surface area contributed by atoms with E-state index in [1.807, 2.05) is 0 Å². The summed E-state index contributed by atoms with van der Waals surface area (Å²) >= 11 is 3.28. The number of amides is 1. The number of nitrogens with zero attached hydrogens (tertiary/aromatic N) is 2. The van der Waals surface area contributed by atoms with Gasteiger partial charge in [0.25, 0.3) is 11.6 Å². The minimum absolute atomic E-state index is 0.0266. The third-order valence-corrected chi connectivity index (χ3v) is 5.65. The van der Waals surface area contributed by atoms with E-state index in [4.69, 9.17) is 4.18 Å². The smallest absolute Gasteiger partial charge is 0.339 e. The number of carbonyl (C=O) groups is 1. The lowest BCUT2D eigenvalue weighted by molar-refractivity contribution is -0.384. The second-order valence-corrected chi connectivity index (χ2v) is 8.50. The average Bonchev–Trinajstić information content (AvgIpc) is 2.74. The first-order valence-corrected chi connectivity index (χ1v) is 10.8. The number of carbonyl (C=O) groups excluding carboxylic acids is 1. The van der Waals surface area contributed by atoms with Gasteiger partial charge in [-0.25, -0.2) is 5.43 Å². The van der Waals surface area contributed by atoms with Crippen molar-refractivity contribution in [1.82, 2.24) is 5.43 Å². The standard InChI is InChI=1S/C20H14BrN3O6S/c21-16-6-3-5-14(12-16)20(25)23-22-13-15-4-1-2-7-19(15)30-31(28,29)18-10-8-17(9-11-18)24(26)27/h1-13H,(H,23,25)/b22-13-. The van der Waals surface area contributed by atoms with Gasteiger partial charge in [0.05, 0.1) is 11.1 Å². The van der Waals surface area contributed by atoms with Crippen molar-refractivity contribution in [1.29, 1.82) is 0 Å². The van der Waals surface area contributed by atoms with E-state index in [0.29, 0.717) is 11.1 Å². The third-order valence-electron chi connectivity index (χ3n) is 3.91. The number of para-hydroxylation sites is 1. The summed E-state index contributed by atoms with van der Waals surface area (Å²) in [5.41, 5.74) is 2.79. The summed E-state index contributed by atoms with van der Waals surface area (Å²) in [6.07, 6.45) is 1.25. The maximum Gasteiger partial charge on any atom is 0.339 e. The molecule has 9 nitrogen and oxygen atoms in total. The highest BCUT2D eigenvalue weighted by Crippen LogP contribution is 2.23. The molecular formula is C20H14BrN3O6S. The van der Waals surface area contributed by atoms with E-state index in [9.17, 15) is 23.3 Å². The van der Waals surface area contributed by atoms with Crippen molar-refractivity contribution in [2.75, 3.05) is 0 Å². The van der Waals surface area contributed by atoms with Crippen LogP contribution in [0.2, 0.25) is 0 Å². The van der Waals surface area contributed by atoms with Gasteiger partial charge in [-0.3, -0.25) is 14.9 Å². The topological polar surface area (TPSA) is 128 Å². The monoisotopic (exact) mass is 503 g/mol. The quantitative estimate of drug-likeness (QED) is 0.225. The molecule has 11 heteroatoms. The molecule has 0 spiro atoms. The first-order valence-electron chi connectivity index (χ1n) is 8.63. The molecule has 0 unspecified atom stereocenters. The van der Waals surface area contributed by atoms with Gasteiger partial charge in [0.1, 0.15) is 4.90 Å². The van der Waals surface area contributed by atoms with Crippen molar-refractivity contribution >= 4 is 43.9 Å². The van der Waals surface area contributed by atoms with Gasteiger partial charge in [0.2, 0.25) is 0 Å². The molecule has 3 aromatic carbocycles. The minimum Gasteiger partial charge on any atom is -0.378 e. The Morgan fingerprint density at radius 3 is 2.45 bits per heavy atom. The molecule has 3 rings (SSSR count). The maximum absolute atomic E-state index is 12.5. The van der Waals surface area contributed by atoms with Gasteiger partial charge in [0.15, 0.2) is 5.75 Å². The largest absolute Gasteiger partial charge is 0.378 e. The molecule has 0 fully saturated rings. The second-order valence-electron chi connectivity index (χ2n) is 6.04. The van der Waals surface area contributed by atoms with Crippen molar-refractivity contribution in [2.45, 2.75) is 4.90 Å². The molecule has 0 aliphatic heterocycles. The molecule has 3 aromatic rings. The maximum atomic E-state index is 12.5. The van der Waals surface area contributed by atoms with Gasteiger partial charge in [-0.15, -0.1) is 0 Å². The van der Waals surface area contributed by atoms with E-state index in [1.165, 1.54) is 12.3 Å². The molecule has 0 saturated heterocycles. The molecule has 158 valence electrons. The van der Waals surface area contributed by atoms with Gasteiger partial charge >= 0.3 is 10.1 Å². The molecule has 0 radical (unpaired) electrons. The lowest BCUT2D eigenvalue weighted by atomic mass is 10.2. The zero-order chi connectivity index (χ0) is 22.4. The van der Waals surface area contributed by atoms with Crippen molar-refractivity contribution in [3.63, 3.8) is 0 Å². The highest BCUT2D eigenvalue weighted by atomic mass is 79.9. The lowest BCUT2D eigenvalue weighted by Crippen LogP contribution is -2.17. The number of hydrazone groups is 1. The normalized spacial score (nSPS) is 11.3. The Hall–Kier alpha value is -3.57. The summed E-state index contributed by atoms with van der Waals surface area (Å²) in [6.45, 7) is 0. The van der Waals surface area contributed by atoms with Crippen LogP contribution < -0.4 is 9.61 Å². The Morgan fingerprint density at radius 2 is 1.77 bits per heavy atom. The van der Waals surface area contributed by atoms with Gasteiger partial charge < -0.3 is 4.18 Å². The predicted molar refractivity (Wildman–Crippen MR) is 117 cm³/mol. The van der Waals surface area contributed by atoms with Crippen LogP contribution in [0.1, 0.15) is 15.9 Å². The number of hydrogen-bond donors (Lipinski definition) is 1. The fourth-order valence-electron chi connectivity index (χ4n) is 2.42. The molecule has 0 heterocycles. The highest BCUT2D eigenvalue weighted by molar-refractivity contribution is 9.10. The van der Waals surface area contributed by atoms with Crippen molar-refractivity contribution in [3.8, 4) is 5.75 Å². The summed E-state index contributed by atoms with van der Waals surface area (Å²) in [5.74, 6) is -0.476. The second kappa shape index (κ2) is 9.49. The van der Waals surface area contributed by atoms with Crippen molar-refractivity contribution < 1.29 is 22.3 Å². The van der Waals surface area contributed by atoms with Crippen LogP contribution in [0.3, 0.4) is 0 Å². The van der Waals surface area contributed by atoms with E-state index < -0.39 is 20.9 Å². The number of halogens is 1. The van der Waals surface area contributed by atoms with Crippen LogP contribution in [0.5, 0.6) is 5.75 Å². The van der Waals surface area contributed by atoms with Crippen LogP contribution in [0.15, 0.2) is 87.3 Å². The van der Waals surface area contributed by atoms with Crippen molar-refractivity contribution in [3.05, 3.63) is 98.5 Å². The van der Waals surface area contributed by atoms with Crippen LogP contribution >= 0.6 is 15.9 Å². The van der Waals surface area contributed by atoms with Gasteiger partial charge in [-0.1, -0.05) is 34.1 Å². The van der Waals surface area contributed by atoms with Crippen LogP contribution in [0, 0.1) is 10.1 Å². The van der Waals surface area contributed by atoms with E-state index in [2.05, 4.69) is 26.5 Å². The Bertz CT molecular complexity index is 1260. The molecule has 0 aliphatic carbocycles. The highest BCUT2D eigenvalue weighted by Gasteiger charge is 2.19. The first kappa shape index (κ1) is 22.1. The SMILES string of the molecule is O=C(N/N=C\c1ccccc1OS(=O)(=O)c1ccc([N+](=O)[O-])cc1)c1cccc(Br)c1. The fraction of sp³-hybridized carbons (Fsp3) is 0. The lowest BCUT2D eigenvalue weighted by Gasteiger charge is -2.09. The number of rotatable bonds is 7. The Balaban J connectivity index is 1.76. The Labute approximate surface area is 185 Å². The fourth-order valence-corrected chi connectivity index (χ4v) is 3.77. The molecule has 0 atom stereocenters. The van der Waals surface area contributed by atoms with Gasteiger partial charge in [0, 0.05) is 27.7 Å². The molecule has 1 N–H and O–H groups in total. The summed E-state index contributed by atoms with van der Waals surface area (Å²) in [5, 5.41) is 14.6. The van der Waals surface area contributed by atoms with Gasteiger partial charge in [-0.05, 0) is 42.5 Å². The molecule has 0 bridgehead atoms. The third kappa shape index (κ3) is 5.74.